The van der Waals surface area contributed by atoms with Crippen LogP contribution in [0.5, 0.6) is 5.75 Å². The normalized spacial score (nSPS) is 19.2. The first-order valence-electron chi connectivity index (χ1n) is 5.99. The van der Waals surface area contributed by atoms with Gasteiger partial charge in [-0.1, -0.05) is 32.1 Å². The van der Waals surface area contributed by atoms with Crippen LogP contribution in [0, 0.1) is 0 Å². The van der Waals surface area contributed by atoms with Crippen molar-refractivity contribution in [2.45, 2.75) is 51.0 Å². The van der Waals surface area contributed by atoms with E-state index in [0.717, 1.165) is 25.7 Å². The molecule has 2 N–H and O–H groups in total. The van der Waals surface area contributed by atoms with E-state index in [1.165, 1.54) is 19.3 Å². The van der Waals surface area contributed by atoms with Gasteiger partial charge in [0, 0.05) is 6.04 Å². The summed E-state index contributed by atoms with van der Waals surface area (Å²) in [5, 5.41) is 12.3. The second-order valence-corrected chi connectivity index (χ2v) is 4.57. The van der Waals surface area contributed by atoms with Crippen LogP contribution in [0.1, 0.15) is 44.9 Å². The van der Waals surface area contributed by atoms with Crippen LogP contribution in [-0.4, -0.2) is 11.1 Å². The fourth-order valence-corrected chi connectivity index (χ4v) is 2.32. The Balaban J connectivity index is 1.98. The number of anilines is 1. The zero-order valence-electron chi connectivity index (χ0n) is 9.29. The van der Waals surface area contributed by atoms with Gasteiger partial charge >= 0.3 is 0 Å². The highest BCUT2D eigenvalue weighted by Gasteiger charge is 2.22. The van der Waals surface area contributed by atoms with E-state index >= 15 is 0 Å². The Bertz CT molecular complexity index is 423. The highest BCUT2D eigenvalue weighted by molar-refractivity contribution is 5.61. The Morgan fingerprint density at radius 2 is 1.50 bits per heavy atom. The average molecular weight is 223 g/mol. The lowest BCUT2D eigenvalue weighted by Gasteiger charge is -2.22. The second kappa shape index (κ2) is 4.68. The molecule has 0 atom stereocenters. The molecular formula is C12H17NO3. The summed E-state index contributed by atoms with van der Waals surface area (Å²) in [4.78, 5) is 22.0. The first kappa shape index (κ1) is 11.2. The maximum absolute atomic E-state index is 11.2. The fraction of sp³-hybridized carbons (Fsp3) is 0.667. The topological polar surface area (TPSA) is 66.4 Å². The fourth-order valence-electron chi connectivity index (χ4n) is 2.32. The molecule has 0 bridgehead atoms. The standard InChI is InChI=1S/C12H17NO3/c14-10-9(11(15)12(10)16)13-8-6-4-2-1-3-5-7-8/h8,13-14H,1-7H2. The van der Waals surface area contributed by atoms with Crippen LogP contribution in [0.2, 0.25) is 0 Å². The lowest BCUT2D eigenvalue weighted by atomic mass is 9.96. The van der Waals surface area contributed by atoms with E-state index in [1.807, 2.05) is 0 Å². The predicted molar refractivity (Wildman–Crippen MR) is 62.7 cm³/mol. The van der Waals surface area contributed by atoms with E-state index in [9.17, 15) is 14.7 Å². The van der Waals surface area contributed by atoms with Gasteiger partial charge in [-0.05, 0) is 12.8 Å². The zero-order chi connectivity index (χ0) is 11.5. The van der Waals surface area contributed by atoms with Crippen LogP contribution in [-0.2, 0) is 0 Å². The van der Waals surface area contributed by atoms with E-state index in [4.69, 9.17) is 0 Å². The van der Waals surface area contributed by atoms with Crippen molar-refractivity contribution in [2.75, 3.05) is 5.32 Å². The summed E-state index contributed by atoms with van der Waals surface area (Å²) in [7, 11) is 0. The molecule has 0 heterocycles. The van der Waals surface area contributed by atoms with Gasteiger partial charge in [-0.3, -0.25) is 9.59 Å². The van der Waals surface area contributed by atoms with Crippen LogP contribution < -0.4 is 16.2 Å². The molecule has 1 aliphatic carbocycles. The van der Waals surface area contributed by atoms with E-state index in [1.54, 1.807) is 0 Å². The Kier molecular flexibility index (Phi) is 3.27. The van der Waals surface area contributed by atoms with Crippen LogP contribution in [0.4, 0.5) is 5.69 Å². The second-order valence-electron chi connectivity index (χ2n) is 4.57. The molecule has 0 spiro atoms. The summed E-state index contributed by atoms with van der Waals surface area (Å²) in [6.07, 6.45) is 8.07. The quantitative estimate of drug-likeness (QED) is 0.746. The van der Waals surface area contributed by atoms with Crippen molar-refractivity contribution in [1.29, 1.82) is 0 Å². The van der Waals surface area contributed by atoms with Crippen molar-refractivity contribution in [3.8, 4) is 5.75 Å². The molecule has 1 saturated carbocycles. The van der Waals surface area contributed by atoms with Gasteiger partial charge in [-0.25, -0.2) is 0 Å². The van der Waals surface area contributed by atoms with Crippen molar-refractivity contribution in [1.82, 2.24) is 0 Å². The summed E-state index contributed by atoms with van der Waals surface area (Å²) in [6.45, 7) is 0. The van der Waals surface area contributed by atoms with Crippen molar-refractivity contribution in [2.24, 2.45) is 0 Å². The molecule has 88 valence electrons. The average Bonchev–Trinajstić information content (AvgIpc) is 2.26. The van der Waals surface area contributed by atoms with Crippen molar-refractivity contribution < 1.29 is 5.11 Å². The molecule has 4 nitrogen and oxygen atoms in total. The molecule has 1 fully saturated rings. The van der Waals surface area contributed by atoms with Gasteiger partial charge in [-0.2, -0.15) is 0 Å². The lowest BCUT2D eigenvalue weighted by Crippen LogP contribution is -2.36. The third-order valence-corrected chi connectivity index (χ3v) is 3.34. The Morgan fingerprint density at radius 3 is 2.06 bits per heavy atom. The lowest BCUT2D eigenvalue weighted by molar-refractivity contribution is 0.452. The third kappa shape index (κ3) is 2.10. The number of hydrogen-bond acceptors (Lipinski definition) is 4. The van der Waals surface area contributed by atoms with Gasteiger partial charge < -0.3 is 10.4 Å². The van der Waals surface area contributed by atoms with Gasteiger partial charge in [-0.15, -0.1) is 0 Å². The van der Waals surface area contributed by atoms with E-state index in [0.29, 0.717) is 0 Å². The maximum atomic E-state index is 11.2. The Morgan fingerprint density at radius 1 is 0.938 bits per heavy atom. The van der Waals surface area contributed by atoms with Gasteiger partial charge in [0.1, 0.15) is 5.69 Å². The molecule has 0 radical (unpaired) electrons. The molecule has 0 unspecified atom stereocenters. The molecular weight excluding hydrogens is 206 g/mol. The number of aromatic hydroxyl groups is 1. The number of nitrogens with one attached hydrogen (secondary N) is 1. The third-order valence-electron chi connectivity index (χ3n) is 3.34. The van der Waals surface area contributed by atoms with Crippen molar-refractivity contribution in [3.63, 3.8) is 0 Å². The molecule has 1 aromatic carbocycles. The summed E-state index contributed by atoms with van der Waals surface area (Å²) < 4.78 is 0. The van der Waals surface area contributed by atoms with Crippen molar-refractivity contribution >= 4 is 5.69 Å². The van der Waals surface area contributed by atoms with Gasteiger partial charge in [0.15, 0.2) is 5.75 Å². The molecule has 0 aromatic heterocycles. The van der Waals surface area contributed by atoms with Crippen LogP contribution >= 0.6 is 0 Å². The van der Waals surface area contributed by atoms with E-state index in [2.05, 4.69) is 5.32 Å². The molecule has 0 saturated heterocycles. The largest absolute Gasteiger partial charge is 0.502 e. The van der Waals surface area contributed by atoms with E-state index in [-0.39, 0.29) is 17.5 Å². The Labute approximate surface area is 94.0 Å². The molecule has 0 amide bonds. The van der Waals surface area contributed by atoms with Crippen molar-refractivity contribution in [3.05, 3.63) is 20.4 Å². The molecule has 1 aromatic rings. The number of hydrogen-bond donors (Lipinski definition) is 2. The highest BCUT2D eigenvalue weighted by atomic mass is 16.3. The van der Waals surface area contributed by atoms with Crippen LogP contribution in [0.15, 0.2) is 9.59 Å². The first-order valence-corrected chi connectivity index (χ1v) is 5.99. The monoisotopic (exact) mass is 223 g/mol. The maximum Gasteiger partial charge on any atom is 0.271 e. The molecule has 16 heavy (non-hydrogen) atoms. The summed E-state index contributed by atoms with van der Waals surface area (Å²) in [5.41, 5.74) is -1.19. The van der Waals surface area contributed by atoms with Gasteiger partial charge in [0.25, 0.3) is 10.9 Å². The predicted octanol–water partition coefficient (Wildman–Crippen LogP) is 1.51. The summed E-state index contributed by atoms with van der Waals surface area (Å²) in [5.74, 6) is -0.382. The SMILES string of the molecule is O=c1c(O)c(NC2CCCCCCC2)c1=O. The smallest absolute Gasteiger partial charge is 0.271 e. The van der Waals surface area contributed by atoms with Gasteiger partial charge in [0.05, 0.1) is 0 Å². The van der Waals surface area contributed by atoms with E-state index < -0.39 is 10.9 Å². The van der Waals surface area contributed by atoms with Crippen LogP contribution in [0.25, 0.3) is 0 Å². The molecule has 0 aliphatic heterocycles. The summed E-state index contributed by atoms with van der Waals surface area (Å²) >= 11 is 0. The minimum Gasteiger partial charge on any atom is -0.502 e. The van der Waals surface area contributed by atoms with Crippen LogP contribution in [0.3, 0.4) is 0 Å². The molecule has 1 aliphatic rings. The highest BCUT2D eigenvalue weighted by Crippen LogP contribution is 2.22. The molecule has 2 rings (SSSR count). The first-order chi connectivity index (χ1) is 7.70. The summed E-state index contributed by atoms with van der Waals surface area (Å²) in [6, 6.07) is 0.231. The number of rotatable bonds is 2. The molecule has 4 heteroatoms. The minimum absolute atomic E-state index is 0.135. The zero-order valence-corrected chi connectivity index (χ0v) is 9.29. The van der Waals surface area contributed by atoms with Gasteiger partial charge in [0.2, 0.25) is 0 Å². The minimum atomic E-state index is -0.756. The Hall–Kier alpha value is -1.32.